The van der Waals surface area contributed by atoms with Gasteiger partial charge in [0.05, 0.1) is 24.8 Å². The van der Waals surface area contributed by atoms with Gasteiger partial charge in [-0.15, -0.1) is 0 Å². The monoisotopic (exact) mass is 473 g/mol. The highest BCUT2D eigenvalue weighted by Gasteiger charge is 2.34. The molecule has 3 rings (SSSR count). The van der Waals surface area contributed by atoms with E-state index in [0.29, 0.717) is 41.5 Å². The number of hydrogen-bond donors (Lipinski definition) is 2. The topological polar surface area (TPSA) is 111 Å². The number of fused-ring (bicyclic) bond motifs is 1. The summed E-state index contributed by atoms with van der Waals surface area (Å²) in [5, 5.41) is 16.5. The number of carbonyl (C=O) groups is 2. The second-order valence-electron chi connectivity index (χ2n) is 9.21. The number of likely N-dealkylation sites (N-methyl/N-ethyl adjacent to an activating group) is 1. The standard InChI is InChI=1S/C24H35N5O5/c1-14-11-29(15(2)13-30)23(31)19-10-18(27(5)6)8-9-20(19)33-21(14)12-28(7)24(32)25-22-16(3)26-34-17(22)4/h8-10,14-15,21,30H,11-13H2,1-7H3,(H,25,32)/t14-,15+,21-/m1/s1. The van der Waals surface area contributed by atoms with E-state index >= 15 is 0 Å². The first-order valence-electron chi connectivity index (χ1n) is 11.4. The third-order valence-electron chi connectivity index (χ3n) is 6.23. The molecule has 10 heteroatoms. The SMILES string of the molecule is Cc1noc(C)c1NC(=O)N(C)C[C@H]1Oc2ccc(N(C)C)cc2C(=O)N([C@@H](C)CO)C[C@H]1C. The first-order valence-corrected chi connectivity index (χ1v) is 11.4. The number of anilines is 2. The van der Waals surface area contributed by atoms with Gasteiger partial charge in [-0.2, -0.15) is 0 Å². The van der Waals surface area contributed by atoms with Gasteiger partial charge in [0.2, 0.25) is 0 Å². The molecule has 1 aromatic heterocycles. The third-order valence-corrected chi connectivity index (χ3v) is 6.23. The first-order chi connectivity index (χ1) is 16.0. The first kappa shape index (κ1) is 25.4. The van der Waals surface area contributed by atoms with Crippen LogP contribution in [0, 0.1) is 19.8 Å². The lowest BCUT2D eigenvalue weighted by molar-refractivity contribution is 0.0371. The number of aliphatic hydroxyl groups excluding tert-OH is 1. The fourth-order valence-electron chi connectivity index (χ4n) is 3.92. The van der Waals surface area contributed by atoms with Gasteiger partial charge >= 0.3 is 6.03 Å². The Morgan fingerprint density at radius 1 is 1.32 bits per heavy atom. The van der Waals surface area contributed by atoms with E-state index < -0.39 is 0 Å². The largest absolute Gasteiger partial charge is 0.487 e. The summed E-state index contributed by atoms with van der Waals surface area (Å²) in [7, 11) is 5.50. The zero-order chi connectivity index (χ0) is 25.2. The van der Waals surface area contributed by atoms with Crippen molar-refractivity contribution in [1.82, 2.24) is 15.0 Å². The highest BCUT2D eigenvalue weighted by atomic mass is 16.5. The van der Waals surface area contributed by atoms with Crippen LogP contribution in [0.4, 0.5) is 16.2 Å². The molecule has 0 unspecified atom stereocenters. The summed E-state index contributed by atoms with van der Waals surface area (Å²) >= 11 is 0. The Labute approximate surface area is 200 Å². The number of rotatable bonds is 6. The Kier molecular flexibility index (Phi) is 7.71. The van der Waals surface area contributed by atoms with Crippen molar-refractivity contribution in [3.8, 4) is 5.75 Å². The number of urea groups is 1. The second-order valence-corrected chi connectivity index (χ2v) is 9.21. The van der Waals surface area contributed by atoms with E-state index in [1.165, 1.54) is 0 Å². The van der Waals surface area contributed by atoms with Crippen LogP contribution in [-0.2, 0) is 0 Å². The second kappa shape index (κ2) is 10.3. The maximum absolute atomic E-state index is 13.4. The van der Waals surface area contributed by atoms with Crippen molar-refractivity contribution in [1.29, 1.82) is 0 Å². The van der Waals surface area contributed by atoms with Crippen molar-refractivity contribution in [2.24, 2.45) is 5.92 Å². The van der Waals surface area contributed by atoms with Gasteiger partial charge in [0.25, 0.3) is 5.91 Å². The minimum Gasteiger partial charge on any atom is -0.487 e. The fraction of sp³-hybridized carbons (Fsp3) is 0.542. The minimum atomic E-state index is -0.383. The molecular weight excluding hydrogens is 438 g/mol. The number of nitrogens with one attached hydrogen (secondary N) is 1. The van der Waals surface area contributed by atoms with Gasteiger partial charge in [0.1, 0.15) is 23.2 Å². The van der Waals surface area contributed by atoms with Crippen LogP contribution < -0.4 is 15.0 Å². The van der Waals surface area contributed by atoms with Crippen LogP contribution in [0.25, 0.3) is 0 Å². The molecule has 1 aromatic carbocycles. The molecule has 3 amide bonds. The van der Waals surface area contributed by atoms with Gasteiger partial charge in [0.15, 0.2) is 5.76 Å². The van der Waals surface area contributed by atoms with Crippen molar-refractivity contribution in [3.63, 3.8) is 0 Å². The third kappa shape index (κ3) is 5.27. The molecule has 0 spiro atoms. The Morgan fingerprint density at radius 2 is 2.03 bits per heavy atom. The smallest absolute Gasteiger partial charge is 0.321 e. The molecule has 2 aromatic rings. The maximum atomic E-state index is 13.4. The average molecular weight is 474 g/mol. The number of nitrogens with zero attached hydrogens (tertiary/aromatic N) is 4. The van der Waals surface area contributed by atoms with Crippen LogP contribution in [0.2, 0.25) is 0 Å². The van der Waals surface area contributed by atoms with Crippen LogP contribution in [0.15, 0.2) is 22.7 Å². The molecule has 186 valence electrons. The van der Waals surface area contributed by atoms with Crippen LogP contribution >= 0.6 is 0 Å². The van der Waals surface area contributed by atoms with Crippen molar-refractivity contribution >= 4 is 23.3 Å². The van der Waals surface area contributed by atoms with Gasteiger partial charge in [-0.25, -0.2) is 4.79 Å². The van der Waals surface area contributed by atoms with E-state index in [0.717, 1.165) is 5.69 Å². The van der Waals surface area contributed by atoms with Gasteiger partial charge in [-0.05, 0) is 39.0 Å². The summed E-state index contributed by atoms with van der Waals surface area (Å²) in [5.41, 5.74) is 2.46. The molecule has 10 nitrogen and oxygen atoms in total. The number of hydrogen-bond acceptors (Lipinski definition) is 7. The van der Waals surface area contributed by atoms with Crippen molar-refractivity contribution in [2.45, 2.75) is 39.8 Å². The molecule has 0 fully saturated rings. The average Bonchev–Trinajstić information content (AvgIpc) is 3.12. The van der Waals surface area contributed by atoms with E-state index in [2.05, 4.69) is 10.5 Å². The van der Waals surface area contributed by atoms with E-state index in [1.54, 1.807) is 42.8 Å². The van der Waals surface area contributed by atoms with E-state index in [4.69, 9.17) is 9.26 Å². The van der Waals surface area contributed by atoms with E-state index in [-0.39, 0.29) is 36.6 Å². The van der Waals surface area contributed by atoms with Crippen LogP contribution in [-0.4, -0.2) is 85.0 Å². The fourth-order valence-corrected chi connectivity index (χ4v) is 3.92. The summed E-state index contributed by atoms with van der Waals surface area (Å²) in [6, 6.07) is 4.82. The number of aliphatic hydroxyl groups is 1. The predicted molar refractivity (Wildman–Crippen MR) is 130 cm³/mol. The van der Waals surface area contributed by atoms with Crippen LogP contribution in [0.5, 0.6) is 5.75 Å². The van der Waals surface area contributed by atoms with Gasteiger partial charge < -0.3 is 34.4 Å². The lowest BCUT2D eigenvalue weighted by Gasteiger charge is -2.38. The molecule has 34 heavy (non-hydrogen) atoms. The number of carbonyl (C=O) groups excluding carboxylic acids is 2. The van der Waals surface area contributed by atoms with Gasteiger partial charge in [-0.3, -0.25) is 4.79 Å². The predicted octanol–water partition coefficient (Wildman–Crippen LogP) is 2.74. The van der Waals surface area contributed by atoms with Crippen molar-refractivity contribution < 1.29 is 24.0 Å². The minimum absolute atomic E-state index is 0.103. The molecule has 0 saturated heterocycles. The molecule has 1 aliphatic rings. The zero-order valence-electron chi connectivity index (χ0n) is 21.0. The Bertz CT molecular complexity index is 1020. The molecule has 0 saturated carbocycles. The van der Waals surface area contributed by atoms with Gasteiger partial charge in [0, 0.05) is 39.3 Å². The number of benzene rings is 1. The number of aromatic nitrogens is 1. The number of amides is 3. The van der Waals surface area contributed by atoms with Crippen molar-refractivity contribution in [3.05, 3.63) is 35.2 Å². The number of aryl methyl sites for hydroxylation is 2. The molecule has 1 aliphatic heterocycles. The summed E-state index contributed by atoms with van der Waals surface area (Å²) in [6.45, 7) is 7.83. The maximum Gasteiger partial charge on any atom is 0.321 e. The van der Waals surface area contributed by atoms with Crippen LogP contribution in [0.1, 0.15) is 35.7 Å². The Balaban J connectivity index is 1.88. The zero-order valence-corrected chi connectivity index (χ0v) is 21.0. The number of ether oxygens (including phenoxy) is 1. The Hall–Kier alpha value is -3.27. The lowest BCUT2D eigenvalue weighted by atomic mass is 9.99. The quantitative estimate of drug-likeness (QED) is 0.664. The molecule has 2 N–H and O–H groups in total. The molecular formula is C24H35N5O5. The Morgan fingerprint density at radius 3 is 2.62 bits per heavy atom. The normalized spacial score (nSPS) is 18.9. The molecule has 0 bridgehead atoms. The van der Waals surface area contributed by atoms with E-state index in [9.17, 15) is 14.7 Å². The van der Waals surface area contributed by atoms with E-state index in [1.807, 2.05) is 38.9 Å². The highest BCUT2D eigenvalue weighted by molar-refractivity contribution is 5.98. The molecule has 0 radical (unpaired) electrons. The molecule has 2 heterocycles. The summed E-state index contributed by atoms with van der Waals surface area (Å²) in [4.78, 5) is 31.4. The summed E-state index contributed by atoms with van der Waals surface area (Å²) in [6.07, 6.45) is -0.383. The van der Waals surface area contributed by atoms with Crippen LogP contribution in [0.3, 0.4) is 0 Å². The summed E-state index contributed by atoms with van der Waals surface area (Å²) in [5.74, 6) is 0.707. The summed E-state index contributed by atoms with van der Waals surface area (Å²) < 4.78 is 11.5. The molecule has 0 aliphatic carbocycles. The van der Waals surface area contributed by atoms with Crippen molar-refractivity contribution in [2.75, 3.05) is 51.1 Å². The highest BCUT2D eigenvalue weighted by Crippen LogP contribution is 2.31. The van der Waals surface area contributed by atoms with Gasteiger partial charge in [-0.1, -0.05) is 12.1 Å². The molecule has 3 atom stereocenters. The lowest BCUT2D eigenvalue weighted by Crippen LogP contribution is -2.50.